The normalized spacial score (nSPS) is 15.5. The Morgan fingerprint density at radius 1 is 1.30 bits per heavy atom. The molecule has 152 valence electrons. The van der Waals surface area contributed by atoms with Crippen molar-refractivity contribution in [1.29, 1.82) is 0 Å². The van der Waals surface area contributed by atoms with Crippen molar-refractivity contribution in [3.63, 3.8) is 0 Å². The lowest BCUT2D eigenvalue weighted by Gasteiger charge is -2.14. The molecule has 1 aromatic carbocycles. The Labute approximate surface area is 172 Å². The van der Waals surface area contributed by atoms with Gasteiger partial charge in [0.25, 0.3) is 5.91 Å². The van der Waals surface area contributed by atoms with Gasteiger partial charge in [-0.15, -0.1) is 10.2 Å². The first-order valence-corrected chi connectivity index (χ1v) is 9.81. The molecule has 1 aliphatic rings. The SMILES string of the molecule is COCc1nnc(-c2ccc3c(c2)CC[C@H]3NC(=O)c2cnc3ccc(C)cn23)o1. The van der Waals surface area contributed by atoms with Crippen LogP contribution in [-0.2, 0) is 17.8 Å². The predicted octanol–water partition coefficient (Wildman–Crippen LogP) is 3.26. The van der Waals surface area contributed by atoms with Crippen molar-refractivity contribution >= 4 is 11.6 Å². The Morgan fingerprint density at radius 2 is 2.20 bits per heavy atom. The molecule has 0 spiro atoms. The number of imidazole rings is 1. The average Bonchev–Trinajstić information content (AvgIpc) is 3.46. The number of rotatable bonds is 5. The van der Waals surface area contributed by atoms with Crippen LogP contribution in [0.1, 0.15) is 45.5 Å². The van der Waals surface area contributed by atoms with Crippen LogP contribution in [0.3, 0.4) is 0 Å². The smallest absolute Gasteiger partial charge is 0.270 e. The van der Waals surface area contributed by atoms with E-state index in [0.717, 1.165) is 35.2 Å². The summed E-state index contributed by atoms with van der Waals surface area (Å²) in [6.45, 7) is 2.28. The van der Waals surface area contributed by atoms with Crippen LogP contribution in [0.15, 0.2) is 47.1 Å². The lowest BCUT2D eigenvalue weighted by molar-refractivity contribution is 0.0931. The van der Waals surface area contributed by atoms with Crippen molar-refractivity contribution in [2.45, 2.75) is 32.4 Å². The number of hydrogen-bond acceptors (Lipinski definition) is 6. The average molecular weight is 403 g/mol. The van der Waals surface area contributed by atoms with E-state index >= 15 is 0 Å². The molecule has 1 aliphatic carbocycles. The Morgan fingerprint density at radius 3 is 3.07 bits per heavy atom. The second kappa shape index (κ2) is 7.38. The van der Waals surface area contributed by atoms with Crippen LogP contribution >= 0.6 is 0 Å². The molecule has 5 rings (SSSR count). The maximum atomic E-state index is 12.9. The van der Waals surface area contributed by atoms with Gasteiger partial charge in [-0.1, -0.05) is 12.1 Å². The van der Waals surface area contributed by atoms with Gasteiger partial charge < -0.3 is 14.5 Å². The first-order valence-electron chi connectivity index (χ1n) is 9.81. The number of nitrogens with one attached hydrogen (secondary N) is 1. The van der Waals surface area contributed by atoms with Crippen molar-refractivity contribution < 1.29 is 13.9 Å². The van der Waals surface area contributed by atoms with Crippen LogP contribution in [0.5, 0.6) is 0 Å². The first-order chi connectivity index (χ1) is 14.6. The summed E-state index contributed by atoms with van der Waals surface area (Å²) >= 11 is 0. The zero-order chi connectivity index (χ0) is 20.7. The quantitative estimate of drug-likeness (QED) is 0.550. The number of aromatic nitrogens is 4. The molecule has 3 aromatic heterocycles. The lowest BCUT2D eigenvalue weighted by atomic mass is 10.0. The molecule has 3 heterocycles. The fourth-order valence-electron chi connectivity index (χ4n) is 3.94. The summed E-state index contributed by atoms with van der Waals surface area (Å²) in [5, 5.41) is 11.2. The van der Waals surface area contributed by atoms with Gasteiger partial charge in [-0.3, -0.25) is 9.20 Å². The fourth-order valence-corrected chi connectivity index (χ4v) is 3.94. The highest BCUT2D eigenvalue weighted by Gasteiger charge is 2.26. The fraction of sp³-hybridized carbons (Fsp3) is 0.273. The summed E-state index contributed by atoms with van der Waals surface area (Å²) in [6, 6.07) is 9.89. The van der Waals surface area contributed by atoms with E-state index in [2.05, 4.69) is 26.6 Å². The zero-order valence-electron chi connectivity index (χ0n) is 16.8. The molecule has 1 atom stereocenters. The Bertz CT molecular complexity index is 1240. The van der Waals surface area contributed by atoms with Crippen molar-refractivity contribution in [3.8, 4) is 11.5 Å². The molecule has 8 nitrogen and oxygen atoms in total. The van der Waals surface area contributed by atoms with Crippen LogP contribution in [0, 0.1) is 6.92 Å². The minimum absolute atomic E-state index is 0.0383. The van der Waals surface area contributed by atoms with Crippen molar-refractivity contribution in [2.24, 2.45) is 0 Å². The largest absolute Gasteiger partial charge is 0.418 e. The summed E-state index contributed by atoms with van der Waals surface area (Å²) in [4.78, 5) is 17.3. The number of aryl methyl sites for hydroxylation is 2. The van der Waals surface area contributed by atoms with Gasteiger partial charge in [0.2, 0.25) is 11.8 Å². The van der Waals surface area contributed by atoms with E-state index in [0.29, 0.717) is 17.5 Å². The van der Waals surface area contributed by atoms with Crippen molar-refractivity contribution in [3.05, 3.63) is 71.0 Å². The highest BCUT2D eigenvalue weighted by Crippen LogP contribution is 2.34. The highest BCUT2D eigenvalue weighted by atomic mass is 16.5. The second-order valence-electron chi connectivity index (χ2n) is 7.49. The Kier molecular flexibility index (Phi) is 4.55. The molecular formula is C22H21N5O3. The molecule has 1 amide bonds. The molecule has 0 radical (unpaired) electrons. The van der Waals surface area contributed by atoms with Gasteiger partial charge in [-0.2, -0.15) is 0 Å². The highest BCUT2D eigenvalue weighted by molar-refractivity contribution is 5.93. The standard InChI is InChI=1S/C22H21N5O3/c1-13-3-8-19-23-10-18(27(19)11-13)21(28)24-17-7-5-14-9-15(4-6-16(14)17)22-26-25-20(30-22)12-29-2/h3-4,6,8-11,17H,5,7,12H2,1-2H3,(H,24,28)/t17-/m1/s1. The van der Waals surface area contributed by atoms with Gasteiger partial charge in [-0.05, 0) is 54.7 Å². The van der Waals surface area contributed by atoms with E-state index < -0.39 is 0 Å². The summed E-state index contributed by atoms with van der Waals surface area (Å²) in [5.41, 5.74) is 5.53. The molecule has 0 saturated heterocycles. The Balaban J connectivity index is 1.36. The molecule has 0 unspecified atom stereocenters. The number of amides is 1. The Hall–Kier alpha value is -3.52. The van der Waals surface area contributed by atoms with E-state index in [1.807, 2.05) is 41.8 Å². The lowest BCUT2D eigenvalue weighted by Crippen LogP contribution is -2.28. The maximum Gasteiger partial charge on any atom is 0.270 e. The summed E-state index contributed by atoms with van der Waals surface area (Å²) in [5.74, 6) is 0.788. The van der Waals surface area contributed by atoms with E-state index in [9.17, 15) is 4.79 Å². The molecule has 0 saturated carbocycles. The van der Waals surface area contributed by atoms with Crippen LogP contribution in [0.25, 0.3) is 17.1 Å². The number of pyridine rings is 1. The maximum absolute atomic E-state index is 12.9. The number of carbonyl (C=O) groups excluding carboxylic acids is 1. The molecule has 0 bridgehead atoms. The van der Waals surface area contributed by atoms with E-state index in [1.54, 1.807) is 13.3 Å². The molecule has 8 heteroatoms. The molecule has 0 fully saturated rings. The summed E-state index contributed by atoms with van der Waals surface area (Å²) < 4.78 is 12.5. The second-order valence-corrected chi connectivity index (χ2v) is 7.49. The zero-order valence-corrected chi connectivity index (χ0v) is 16.8. The minimum atomic E-state index is -0.129. The van der Waals surface area contributed by atoms with Gasteiger partial charge in [0.05, 0.1) is 12.2 Å². The monoisotopic (exact) mass is 403 g/mol. The van der Waals surface area contributed by atoms with Gasteiger partial charge in [0.15, 0.2) is 0 Å². The third-order valence-electron chi connectivity index (χ3n) is 5.39. The van der Waals surface area contributed by atoms with Crippen LogP contribution in [-0.4, -0.2) is 32.6 Å². The van der Waals surface area contributed by atoms with Gasteiger partial charge in [-0.25, -0.2) is 4.98 Å². The summed E-state index contributed by atoms with van der Waals surface area (Å²) in [6.07, 6.45) is 5.27. The first kappa shape index (κ1) is 18.5. The molecule has 1 N–H and O–H groups in total. The van der Waals surface area contributed by atoms with Gasteiger partial charge in [0, 0.05) is 18.9 Å². The number of hydrogen-bond donors (Lipinski definition) is 1. The number of fused-ring (bicyclic) bond motifs is 2. The molecule has 0 aliphatic heterocycles. The third kappa shape index (κ3) is 3.25. The molecule has 4 aromatic rings. The number of carbonyl (C=O) groups is 1. The van der Waals surface area contributed by atoms with Crippen molar-refractivity contribution in [2.75, 3.05) is 7.11 Å². The topological polar surface area (TPSA) is 94.6 Å². The van der Waals surface area contributed by atoms with Crippen LogP contribution in [0.2, 0.25) is 0 Å². The van der Waals surface area contributed by atoms with E-state index in [-0.39, 0.29) is 18.6 Å². The number of nitrogens with zero attached hydrogens (tertiary/aromatic N) is 4. The van der Waals surface area contributed by atoms with Gasteiger partial charge >= 0.3 is 0 Å². The third-order valence-corrected chi connectivity index (χ3v) is 5.39. The van der Waals surface area contributed by atoms with Crippen LogP contribution in [0.4, 0.5) is 0 Å². The molecular weight excluding hydrogens is 382 g/mol. The number of methoxy groups -OCH3 is 1. The molecule has 30 heavy (non-hydrogen) atoms. The van der Waals surface area contributed by atoms with E-state index in [4.69, 9.17) is 9.15 Å². The predicted molar refractivity (Wildman–Crippen MR) is 109 cm³/mol. The number of benzene rings is 1. The minimum Gasteiger partial charge on any atom is -0.418 e. The van der Waals surface area contributed by atoms with E-state index in [1.165, 1.54) is 5.56 Å². The van der Waals surface area contributed by atoms with Crippen molar-refractivity contribution in [1.82, 2.24) is 24.9 Å². The van der Waals surface area contributed by atoms with Crippen LogP contribution < -0.4 is 5.32 Å². The number of ether oxygens (including phenoxy) is 1. The summed E-state index contributed by atoms with van der Waals surface area (Å²) in [7, 11) is 1.59. The van der Waals surface area contributed by atoms with Gasteiger partial charge in [0.1, 0.15) is 17.9 Å².